The van der Waals surface area contributed by atoms with Crippen LogP contribution in [-0.2, 0) is 10.0 Å². The Hall–Kier alpha value is -2.72. The van der Waals surface area contributed by atoms with Gasteiger partial charge < -0.3 is 16.0 Å². The van der Waals surface area contributed by atoms with Gasteiger partial charge in [-0.3, -0.25) is 0 Å². The first kappa shape index (κ1) is 20.2. The van der Waals surface area contributed by atoms with Gasteiger partial charge in [0, 0.05) is 25.0 Å². The van der Waals surface area contributed by atoms with E-state index in [0.29, 0.717) is 53.9 Å². The van der Waals surface area contributed by atoms with E-state index in [9.17, 15) is 8.42 Å². The number of nitrogens with two attached hydrogens (primary N) is 2. The Bertz CT molecular complexity index is 1200. The monoisotopic (exact) mass is 441 g/mol. The molecule has 0 atom stereocenters. The van der Waals surface area contributed by atoms with Crippen LogP contribution in [0.5, 0.6) is 0 Å². The van der Waals surface area contributed by atoms with Crippen LogP contribution in [0, 0.1) is 0 Å². The van der Waals surface area contributed by atoms with E-state index in [0.717, 1.165) is 18.7 Å². The highest BCUT2D eigenvalue weighted by atomic mass is 32.2. The molecule has 1 saturated carbocycles. The van der Waals surface area contributed by atoms with Gasteiger partial charge in [-0.15, -0.1) is 0 Å². The zero-order valence-corrected chi connectivity index (χ0v) is 18.1. The van der Waals surface area contributed by atoms with Crippen molar-refractivity contribution in [1.82, 2.24) is 23.8 Å². The molecular formula is C21H27N7O2S. The van der Waals surface area contributed by atoms with Crippen LogP contribution in [0.3, 0.4) is 0 Å². The van der Waals surface area contributed by atoms with Crippen LogP contribution in [-0.4, -0.2) is 45.3 Å². The van der Waals surface area contributed by atoms with Crippen molar-refractivity contribution in [3.63, 3.8) is 0 Å². The number of fused-ring (bicyclic) bond motifs is 1. The van der Waals surface area contributed by atoms with Gasteiger partial charge in [-0.2, -0.15) is 14.3 Å². The Kier molecular flexibility index (Phi) is 5.05. The van der Waals surface area contributed by atoms with Gasteiger partial charge in [-0.1, -0.05) is 31.0 Å². The number of piperidine rings is 1. The number of nitrogens with zero attached hydrogens (tertiary/aromatic N) is 5. The number of nitrogen functional groups attached to an aromatic ring is 2. The van der Waals surface area contributed by atoms with E-state index < -0.39 is 10.0 Å². The zero-order chi connectivity index (χ0) is 21.6. The molecule has 3 aromatic rings. The Balaban J connectivity index is 1.46. The van der Waals surface area contributed by atoms with Gasteiger partial charge in [0.25, 0.3) is 0 Å². The summed E-state index contributed by atoms with van der Waals surface area (Å²) in [6, 6.07) is 8.93. The molecule has 2 fully saturated rings. The zero-order valence-electron chi connectivity index (χ0n) is 17.3. The maximum Gasteiger partial charge on any atom is 0.243 e. The largest absolute Gasteiger partial charge is 0.382 e. The smallest absolute Gasteiger partial charge is 0.243 e. The van der Waals surface area contributed by atoms with Crippen molar-refractivity contribution in [2.45, 2.75) is 55.4 Å². The van der Waals surface area contributed by atoms with Crippen LogP contribution in [0.1, 0.15) is 56.3 Å². The third-order valence-corrected chi connectivity index (χ3v) is 8.41. The first-order chi connectivity index (χ1) is 14.9. The van der Waals surface area contributed by atoms with E-state index in [1.54, 1.807) is 28.6 Å². The molecule has 5 rings (SSSR count). The predicted octanol–water partition coefficient (Wildman–Crippen LogP) is 2.67. The molecule has 164 valence electrons. The fourth-order valence-corrected chi connectivity index (χ4v) is 6.43. The lowest BCUT2D eigenvalue weighted by atomic mass is 9.97. The lowest BCUT2D eigenvalue weighted by Crippen LogP contribution is -2.38. The van der Waals surface area contributed by atoms with E-state index >= 15 is 0 Å². The van der Waals surface area contributed by atoms with Gasteiger partial charge >= 0.3 is 0 Å². The Labute approximate surface area is 181 Å². The third kappa shape index (κ3) is 3.53. The maximum atomic E-state index is 13.0. The molecule has 1 aliphatic heterocycles. The SMILES string of the molecule is Nc1nc(N)c2nc(C3CCN(S(=O)(=O)c4ccccc4)CC3)n(C3CCCC3)c2n1. The summed E-state index contributed by atoms with van der Waals surface area (Å²) in [6.45, 7) is 0.915. The topological polar surface area (TPSA) is 133 Å². The summed E-state index contributed by atoms with van der Waals surface area (Å²) >= 11 is 0. The van der Waals surface area contributed by atoms with E-state index in [1.807, 2.05) is 6.07 Å². The van der Waals surface area contributed by atoms with Gasteiger partial charge in [0.05, 0.1) is 4.90 Å². The molecule has 10 heteroatoms. The van der Waals surface area contributed by atoms with Crippen molar-refractivity contribution in [1.29, 1.82) is 0 Å². The minimum absolute atomic E-state index is 0.137. The first-order valence-electron chi connectivity index (χ1n) is 10.8. The summed E-state index contributed by atoms with van der Waals surface area (Å²) in [4.78, 5) is 13.8. The van der Waals surface area contributed by atoms with Crippen LogP contribution in [0.2, 0.25) is 0 Å². The summed E-state index contributed by atoms with van der Waals surface area (Å²) in [5, 5.41) is 0. The predicted molar refractivity (Wildman–Crippen MR) is 119 cm³/mol. The minimum Gasteiger partial charge on any atom is -0.382 e. The quantitative estimate of drug-likeness (QED) is 0.636. The Morgan fingerprint density at radius 1 is 0.903 bits per heavy atom. The lowest BCUT2D eigenvalue weighted by molar-refractivity contribution is 0.306. The number of rotatable bonds is 4. The van der Waals surface area contributed by atoms with Gasteiger partial charge in [-0.25, -0.2) is 13.4 Å². The standard InChI is InChI=1S/C21H27N7O2S/c22-18-17-20(26-21(23)25-18)28(15-6-4-5-7-15)19(24-17)14-10-12-27(13-11-14)31(29,30)16-8-2-1-3-9-16/h1-3,8-9,14-15H,4-7,10-13H2,(H4,22,23,25,26). The molecule has 1 aromatic carbocycles. The molecule has 1 aliphatic carbocycles. The molecule has 1 saturated heterocycles. The summed E-state index contributed by atoms with van der Waals surface area (Å²) in [7, 11) is -3.48. The van der Waals surface area contributed by atoms with Crippen molar-refractivity contribution in [2.75, 3.05) is 24.6 Å². The number of imidazole rings is 1. The molecule has 31 heavy (non-hydrogen) atoms. The van der Waals surface area contributed by atoms with Crippen molar-refractivity contribution in [3.05, 3.63) is 36.2 Å². The number of sulfonamides is 1. The molecule has 0 spiro atoms. The third-order valence-electron chi connectivity index (χ3n) is 6.50. The number of hydrogen-bond donors (Lipinski definition) is 2. The maximum absolute atomic E-state index is 13.0. The number of benzene rings is 1. The van der Waals surface area contributed by atoms with Crippen LogP contribution < -0.4 is 11.5 Å². The normalized spacial score (nSPS) is 19.4. The van der Waals surface area contributed by atoms with E-state index in [1.165, 1.54) is 12.8 Å². The molecule has 2 aliphatic rings. The molecule has 3 heterocycles. The van der Waals surface area contributed by atoms with E-state index in [4.69, 9.17) is 16.5 Å². The fraction of sp³-hybridized carbons (Fsp3) is 0.476. The molecular weight excluding hydrogens is 414 g/mol. The van der Waals surface area contributed by atoms with Crippen molar-refractivity contribution in [3.8, 4) is 0 Å². The van der Waals surface area contributed by atoms with Gasteiger partial charge in [0.15, 0.2) is 17.0 Å². The number of hydrogen-bond acceptors (Lipinski definition) is 7. The molecule has 2 aromatic heterocycles. The lowest BCUT2D eigenvalue weighted by Gasteiger charge is -2.31. The summed E-state index contributed by atoms with van der Waals surface area (Å²) in [5.74, 6) is 1.52. The molecule has 0 radical (unpaired) electrons. The van der Waals surface area contributed by atoms with Gasteiger partial charge in [0.2, 0.25) is 16.0 Å². The first-order valence-corrected chi connectivity index (χ1v) is 12.2. The highest BCUT2D eigenvalue weighted by molar-refractivity contribution is 7.89. The van der Waals surface area contributed by atoms with E-state index in [-0.39, 0.29) is 11.9 Å². The fourth-order valence-electron chi connectivity index (χ4n) is 4.94. The highest BCUT2D eigenvalue weighted by Crippen LogP contribution is 2.39. The Morgan fingerprint density at radius 3 is 2.26 bits per heavy atom. The average molecular weight is 442 g/mol. The minimum atomic E-state index is -3.48. The highest BCUT2D eigenvalue weighted by Gasteiger charge is 2.34. The van der Waals surface area contributed by atoms with Crippen molar-refractivity contribution in [2.24, 2.45) is 0 Å². The Morgan fingerprint density at radius 2 is 1.58 bits per heavy atom. The summed E-state index contributed by atoms with van der Waals surface area (Å²) < 4.78 is 29.8. The summed E-state index contributed by atoms with van der Waals surface area (Å²) in [5.41, 5.74) is 13.3. The second-order valence-corrected chi connectivity index (χ2v) is 10.3. The van der Waals surface area contributed by atoms with Crippen molar-refractivity contribution >= 4 is 33.0 Å². The van der Waals surface area contributed by atoms with Gasteiger partial charge in [0.1, 0.15) is 5.82 Å². The van der Waals surface area contributed by atoms with Crippen LogP contribution in [0.4, 0.5) is 11.8 Å². The van der Waals surface area contributed by atoms with Crippen molar-refractivity contribution < 1.29 is 8.42 Å². The second kappa shape index (κ2) is 7.76. The molecule has 0 amide bonds. The number of aromatic nitrogens is 4. The van der Waals surface area contributed by atoms with Crippen LogP contribution in [0.25, 0.3) is 11.2 Å². The molecule has 0 bridgehead atoms. The average Bonchev–Trinajstić information content (AvgIpc) is 3.42. The van der Waals surface area contributed by atoms with Gasteiger partial charge in [-0.05, 0) is 37.8 Å². The molecule has 0 unspecified atom stereocenters. The molecule has 9 nitrogen and oxygen atoms in total. The van der Waals surface area contributed by atoms with Crippen LogP contribution >= 0.6 is 0 Å². The number of anilines is 2. The van der Waals surface area contributed by atoms with E-state index in [2.05, 4.69) is 14.5 Å². The molecule has 4 N–H and O–H groups in total. The van der Waals surface area contributed by atoms with Crippen LogP contribution in [0.15, 0.2) is 35.2 Å². The summed E-state index contributed by atoms with van der Waals surface area (Å²) in [6.07, 6.45) is 5.89. The second-order valence-electron chi connectivity index (χ2n) is 8.41.